The highest BCUT2D eigenvalue weighted by Gasteiger charge is 2.06. The van der Waals surface area contributed by atoms with Gasteiger partial charge in [-0.05, 0) is 63.1 Å². The summed E-state index contributed by atoms with van der Waals surface area (Å²) in [5.74, 6) is 0.918. The molecule has 0 amide bonds. The van der Waals surface area contributed by atoms with Crippen LogP contribution in [0.15, 0.2) is 28.9 Å². The largest absolute Gasteiger partial charge is 0.368 e. The maximum Gasteiger partial charge on any atom is 0.222 e. The minimum absolute atomic E-state index is 0.249. The zero-order valence-corrected chi connectivity index (χ0v) is 12.8. The van der Waals surface area contributed by atoms with Crippen molar-refractivity contribution in [1.29, 1.82) is 0 Å². The van der Waals surface area contributed by atoms with E-state index in [2.05, 4.69) is 72.0 Å². The SMILES string of the molecule is Cc1ccc(I)cc1Nc1nc(N)ncc1Br. The summed E-state index contributed by atoms with van der Waals surface area (Å²) >= 11 is 5.66. The van der Waals surface area contributed by atoms with Crippen molar-refractivity contribution in [2.75, 3.05) is 11.1 Å². The van der Waals surface area contributed by atoms with E-state index in [9.17, 15) is 0 Å². The predicted molar refractivity (Wildman–Crippen MR) is 81.3 cm³/mol. The molecule has 0 aliphatic heterocycles. The summed E-state index contributed by atoms with van der Waals surface area (Å²) < 4.78 is 1.94. The second-order valence-electron chi connectivity index (χ2n) is 3.51. The number of hydrogen-bond acceptors (Lipinski definition) is 4. The number of hydrogen-bond donors (Lipinski definition) is 2. The Hall–Kier alpha value is -0.890. The van der Waals surface area contributed by atoms with Crippen LogP contribution in [0.3, 0.4) is 0 Å². The molecule has 0 saturated heterocycles. The monoisotopic (exact) mass is 404 g/mol. The Morgan fingerprint density at radius 1 is 1.41 bits per heavy atom. The summed E-state index contributed by atoms with van der Waals surface area (Å²) in [6, 6.07) is 6.17. The molecule has 0 radical (unpaired) electrons. The summed E-state index contributed by atoms with van der Waals surface area (Å²) in [4.78, 5) is 8.04. The molecule has 6 heteroatoms. The molecular formula is C11H10BrIN4. The Bertz CT molecular complexity index is 510. The molecule has 0 saturated carbocycles. The average molecular weight is 405 g/mol. The fourth-order valence-electron chi connectivity index (χ4n) is 1.32. The number of nitrogens with zero attached hydrogens (tertiary/aromatic N) is 2. The number of nitrogens with two attached hydrogens (primary N) is 1. The number of halogens is 2. The number of aromatic nitrogens is 2. The molecule has 1 heterocycles. The number of aryl methyl sites for hydroxylation is 1. The van der Waals surface area contributed by atoms with Crippen molar-refractivity contribution in [2.45, 2.75) is 6.92 Å². The minimum atomic E-state index is 0.249. The van der Waals surface area contributed by atoms with E-state index in [1.165, 1.54) is 0 Å². The zero-order valence-electron chi connectivity index (χ0n) is 9.04. The van der Waals surface area contributed by atoms with Gasteiger partial charge in [-0.1, -0.05) is 6.07 Å². The van der Waals surface area contributed by atoms with Gasteiger partial charge in [0.15, 0.2) is 0 Å². The van der Waals surface area contributed by atoms with Crippen molar-refractivity contribution in [2.24, 2.45) is 0 Å². The third-order valence-electron chi connectivity index (χ3n) is 2.22. The maximum absolute atomic E-state index is 5.56. The van der Waals surface area contributed by atoms with E-state index >= 15 is 0 Å². The third-order valence-corrected chi connectivity index (χ3v) is 3.47. The smallest absolute Gasteiger partial charge is 0.222 e. The Balaban J connectivity index is 2.37. The van der Waals surface area contributed by atoms with Gasteiger partial charge >= 0.3 is 0 Å². The normalized spacial score (nSPS) is 10.3. The zero-order chi connectivity index (χ0) is 12.4. The number of benzene rings is 1. The van der Waals surface area contributed by atoms with Gasteiger partial charge in [0.2, 0.25) is 5.95 Å². The molecule has 0 bridgehead atoms. The van der Waals surface area contributed by atoms with Crippen LogP contribution >= 0.6 is 38.5 Å². The van der Waals surface area contributed by atoms with Gasteiger partial charge < -0.3 is 11.1 Å². The van der Waals surface area contributed by atoms with Crippen molar-refractivity contribution in [3.05, 3.63) is 38.0 Å². The van der Waals surface area contributed by atoms with Crippen LogP contribution in [0.4, 0.5) is 17.5 Å². The Labute approximate surface area is 121 Å². The van der Waals surface area contributed by atoms with Gasteiger partial charge in [-0.25, -0.2) is 4.98 Å². The second kappa shape index (κ2) is 5.18. The fourth-order valence-corrected chi connectivity index (χ4v) is 2.11. The molecule has 2 rings (SSSR count). The highest BCUT2D eigenvalue weighted by molar-refractivity contribution is 14.1. The number of nitrogen functional groups attached to an aromatic ring is 1. The molecule has 1 aromatic heterocycles. The van der Waals surface area contributed by atoms with Crippen LogP contribution in [0.2, 0.25) is 0 Å². The first-order chi connectivity index (χ1) is 8.06. The van der Waals surface area contributed by atoms with Gasteiger partial charge in [0.1, 0.15) is 5.82 Å². The van der Waals surface area contributed by atoms with Crippen LogP contribution < -0.4 is 11.1 Å². The van der Waals surface area contributed by atoms with Crippen LogP contribution in [0.1, 0.15) is 5.56 Å². The van der Waals surface area contributed by atoms with Crippen LogP contribution in [-0.2, 0) is 0 Å². The van der Waals surface area contributed by atoms with Crippen LogP contribution in [-0.4, -0.2) is 9.97 Å². The molecule has 4 nitrogen and oxygen atoms in total. The van der Waals surface area contributed by atoms with Crippen molar-refractivity contribution >= 4 is 56.0 Å². The molecule has 3 N–H and O–H groups in total. The summed E-state index contributed by atoms with van der Waals surface area (Å²) in [6.45, 7) is 2.04. The number of nitrogens with one attached hydrogen (secondary N) is 1. The Morgan fingerprint density at radius 3 is 2.94 bits per heavy atom. The van der Waals surface area contributed by atoms with E-state index in [-0.39, 0.29) is 5.95 Å². The van der Waals surface area contributed by atoms with Gasteiger partial charge in [-0.15, -0.1) is 0 Å². The standard InChI is InChI=1S/C11H10BrIN4/c1-6-2-3-7(13)4-9(6)16-10-8(12)5-15-11(14)17-10/h2-5H,1H3,(H3,14,15,16,17). The Kier molecular flexibility index (Phi) is 3.82. The van der Waals surface area contributed by atoms with Crippen LogP contribution in [0.25, 0.3) is 0 Å². The van der Waals surface area contributed by atoms with Gasteiger partial charge in [0.25, 0.3) is 0 Å². The lowest BCUT2D eigenvalue weighted by atomic mass is 10.2. The van der Waals surface area contributed by atoms with Gasteiger partial charge in [0, 0.05) is 15.5 Å². The van der Waals surface area contributed by atoms with E-state index in [1.807, 2.05) is 6.92 Å². The molecule has 2 aromatic rings. The van der Waals surface area contributed by atoms with Crippen LogP contribution in [0, 0.1) is 10.5 Å². The number of rotatable bonds is 2. The maximum atomic E-state index is 5.56. The summed E-state index contributed by atoms with van der Waals surface area (Å²) in [6.07, 6.45) is 1.63. The van der Waals surface area contributed by atoms with E-state index < -0.39 is 0 Å². The minimum Gasteiger partial charge on any atom is -0.368 e. The van der Waals surface area contributed by atoms with E-state index in [0.717, 1.165) is 19.3 Å². The van der Waals surface area contributed by atoms with E-state index in [0.29, 0.717) is 5.82 Å². The fraction of sp³-hybridized carbons (Fsp3) is 0.0909. The summed E-state index contributed by atoms with van der Waals surface area (Å²) in [7, 11) is 0. The molecule has 0 aliphatic rings. The molecule has 0 aliphatic carbocycles. The lowest BCUT2D eigenvalue weighted by Gasteiger charge is -2.10. The molecule has 88 valence electrons. The second-order valence-corrected chi connectivity index (χ2v) is 5.61. The summed E-state index contributed by atoms with van der Waals surface area (Å²) in [5.41, 5.74) is 7.72. The lowest BCUT2D eigenvalue weighted by molar-refractivity contribution is 1.17. The quantitative estimate of drug-likeness (QED) is 0.752. The Morgan fingerprint density at radius 2 is 2.18 bits per heavy atom. The van der Waals surface area contributed by atoms with Crippen molar-refractivity contribution in [1.82, 2.24) is 9.97 Å². The molecule has 1 aromatic carbocycles. The van der Waals surface area contributed by atoms with Crippen LogP contribution in [0.5, 0.6) is 0 Å². The highest BCUT2D eigenvalue weighted by atomic mass is 127. The first kappa shape index (κ1) is 12.6. The molecule has 0 fully saturated rings. The lowest BCUT2D eigenvalue weighted by Crippen LogP contribution is -2.01. The van der Waals surface area contributed by atoms with E-state index in [1.54, 1.807) is 6.20 Å². The van der Waals surface area contributed by atoms with Gasteiger partial charge in [-0.2, -0.15) is 4.98 Å². The highest BCUT2D eigenvalue weighted by Crippen LogP contribution is 2.26. The molecular weight excluding hydrogens is 395 g/mol. The van der Waals surface area contributed by atoms with Crippen molar-refractivity contribution in [3.8, 4) is 0 Å². The number of anilines is 3. The molecule has 17 heavy (non-hydrogen) atoms. The van der Waals surface area contributed by atoms with Gasteiger partial charge in [0.05, 0.1) is 4.47 Å². The predicted octanol–water partition coefficient (Wildman–Crippen LogP) is 3.48. The average Bonchev–Trinajstić information content (AvgIpc) is 2.28. The van der Waals surface area contributed by atoms with Crippen molar-refractivity contribution in [3.63, 3.8) is 0 Å². The topological polar surface area (TPSA) is 63.8 Å². The summed E-state index contributed by atoms with van der Waals surface area (Å²) in [5, 5.41) is 3.24. The van der Waals surface area contributed by atoms with Gasteiger partial charge in [-0.3, -0.25) is 0 Å². The molecule has 0 atom stereocenters. The first-order valence-corrected chi connectivity index (χ1v) is 6.74. The first-order valence-electron chi connectivity index (χ1n) is 4.87. The van der Waals surface area contributed by atoms with E-state index in [4.69, 9.17) is 5.73 Å². The third kappa shape index (κ3) is 3.06. The molecule has 0 spiro atoms. The van der Waals surface area contributed by atoms with Crippen molar-refractivity contribution < 1.29 is 0 Å². The molecule has 0 unspecified atom stereocenters.